The quantitative estimate of drug-likeness (QED) is 0.714. The first-order valence-corrected chi connectivity index (χ1v) is 5.36. The highest BCUT2D eigenvalue weighted by molar-refractivity contribution is 7.04. The summed E-state index contributed by atoms with van der Waals surface area (Å²) in [7, 11) is 0. The van der Waals surface area contributed by atoms with Crippen LogP contribution in [0.15, 0.2) is 18.7 Å². The van der Waals surface area contributed by atoms with Gasteiger partial charge in [-0.05, 0) is 12.1 Å². The Morgan fingerprint density at radius 3 is 2.21 bits per heavy atom. The lowest BCUT2D eigenvalue weighted by molar-refractivity contribution is 0.305. The average Bonchev–Trinajstić information content (AvgIpc) is 2.53. The molecule has 0 fully saturated rings. The fourth-order valence-corrected chi connectivity index (χ4v) is 2.20. The van der Waals surface area contributed by atoms with Crippen molar-refractivity contribution in [2.45, 2.75) is 39.8 Å². The second-order valence-corrected chi connectivity index (χ2v) is 4.35. The van der Waals surface area contributed by atoms with E-state index in [1.54, 1.807) is 12.5 Å². The van der Waals surface area contributed by atoms with E-state index in [0.29, 0.717) is 12.1 Å². The molecule has 0 aromatic carbocycles. The number of nitrogens with zero attached hydrogens (tertiary/aromatic N) is 3. The van der Waals surface area contributed by atoms with Gasteiger partial charge in [-0.3, -0.25) is 0 Å². The van der Waals surface area contributed by atoms with Gasteiger partial charge in [0.15, 0.2) is 0 Å². The van der Waals surface area contributed by atoms with Gasteiger partial charge in [0.1, 0.15) is 0 Å². The van der Waals surface area contributed by atoms with Crippen LogP contribution in [0.1, 0.15) is 27.7 Å². The van der Waals surface area contributed by atoms with Gasteiger partial charge in [-0.2, -0.15) is 0 Å². The third kappa shape index (κ3) is 2.52. The number of hydrogen-bond acceptors (Lipinski definition) is 2. The van der Waals surface area contributed by atoms with E-state index in [4.69, 9.17) is 11.5 Å². The standard InChI is InChI=1S/C9H17BClN3/c1-8(2)14(9(3)4)10(11)13-6-5-12-7-13/h5-9H,1-4H3. The fraction of sp³-hybridized carbons (Fsp3) is 0.667. The Bertz CT molecular complexity index is 253. The van der Waals surface area contributed by atoms with Crippen molar-refractivity contribution < 1.29 is 0 Å². The molecule has 0 spiro atoms. The molecule has 78 valence electrons. The molecule has 0 aliphatic rings. The lowest BCUT2D eigenvalue weighted by Gasteiger charge is -2.32. The molecule has 0 N–H and O–H groups in total. The Hall–Kier alpha value is -0.475. The Balaban J connectivity index is 2.79. The zero-order chi connectivity index (χ0) is 10.7. The average molecular weight is 214 g/mol. The van der Waals surface area contributed by atoms with Crippen molar-refractivity contribution in [2.24, 2.45) is 0 Å². The molecule has 0 aliphatic carbocycles. The molecule has 0 amide bonds. The van der Waals surface area contributed by atoms with E-state index in [1.807, 2.05) is 10.7 Å². The largest absolute Gasteiger partial charge is 0.457 e. The summed E-state index contributed by atoms with van der Waals surface area (Å²) in [5, 5.41) is 0. The molecule has 1 aromatic heterocycles. The molecule has 0 aliphatic heterocycles. The number of imidazole rings is 1. The van der Waals surface area contributed by atoms with Crippen LogP contribution in [0.4, 0.5) is 0 Å². The summed E-state index contributed by atoms with van der Waals surface area (Å²) in [5.41, 5.74) is 0. The summed E-state index contributed by atoms with van der Waals surface area (Å²) in [4.78, 5) is 6.22. The molecule has 1 rings (SSSR count). The van der Waals surface area contributed by atoms with Gasteiger partial charge in [0.2, 0.25) is 0 Å². The lowest BCUT2D eigenvalue weighted by atomic mass is 9.99. The molecule has 1 aromatic rings. The van der Waals surface area contributed by atoms with Crippen LogP contribution in [0.3, 0.4) is 0 Å². The normalized spacial score (nSPS) is 11.7. The third-order valence-electron chi connectivity index (χ3n) is 2.21. The van der Waals surface area contributed by atoms with Crippen molar-refractivity contribution in [3.8, 4) is 0 Å². The molecule has 0 saturated heterocycles. The maximum absolute atomic E-state index is 6.35. The predicted octanol–water partition coefficient (Wildman–Crippen LogP) is 2.07. The van der Waals surface area contributed by atoms with Crippen molar-refractivity contribution in [1.29, 1.82) is 0 Å². The van der Waals surface area contributed by atoms with E-state index in [-0.39, 0.29) is 6.40 Å². The van der Waals surface area contributed by atoms with Gasteiger partial charge in [-0.1, -0.05) is 27.7 Å². The van der Waals surface area contributed by atoms with Gasteiger partial charge < -0.3 is 9.29 Å². The third-order valence-corrected chi connectivity index (χ3v) is 2.66. The van der Waals surface area contributed by atoms with Crippen molar-refractivity contribution in [2.75, 3.05) is 0 Å². The minimum absolute atomic E-state index is 0.155. The van der Waals surface area contributed by atoms with Crippen molar-refractivity contribution in [3.63, 3.8) is 0 Å². The highest BCUT2D eigenvalue weighted by Gasteiger charge is 2.28. The first-order valence-electron chi connectivity index (χ1n) is 4.93. The molecule has 0 unspecified atom stereocenters. The van der Waals surface area contributed by atoms with E-state index in [9.17, 15) is 0 Å². The first kappa shape index (κ1) is 11.6. The molecule has 0 atom stereocenters. The van der Waals surface area contributed by atoms with Crippen LogP contribution in [0, 0.1) is 0 Å². The van der Waals surface area contributed by atoms with Crippen LogP contribution >= 0.6 is 11.5 Å². The van der Waals surface area contributed by atoms with Gasteiger partial charge in [0, 0.05) is 12.4 Å². The molecule has 0 bridgehead atoms. The summed E-state index contributed by atoms with van der Waals surface area (Å²) in [5.74, 6) is 0. The highest BCUT2D eigenvalue weighted by atomic mass is 35.5. The smallest absolute Gasteiger partial charge is 0.353 e. The summed E-state index contributed by atoms with van der Waals surface area (Å²) < 4.78 is 1.90. The summed E-state index contributed by atoms with van der Waals surface area (Å²) in [6, 6.07) is 0.833. The zero-order valence-corrected chi connectivity index (χ0v) is 9.94. The van der Waals surface area contributed by atoms with Crippen LogP contribution < -0.4 is 0 Å². The number of halogens is 1. The Labute approximate surface area is 91.1 Å². The Morgan fingerprint density at radius 1 is 1.29 bits per heavy atom. The number of aromatic nitrogens is 2. The lowest BCUT2D eigenvalue weighted by Crippen LogP contribution is -2.49. The monoisotopic (exact) mass is 213 g/mol. The minimum Gasteiger partial charge on any atom is -0.353 e. The maximum Gasteiger partial charge on any atom is 0.457 e. The van der Waals surface area contributed by atoms with Gasteiger partial charge >= 0.3 is 6.40 Å². The summed E-state index contributed by atoms with van der Waals surface area (Å²) >= 11 is 6.35. The Kier molecular flexibility index (Phi) is 4.02. The van der Waals surface area contributed by atoms with Gasteiger partial charge in [-0.25, -0.2) is 4.98 Å². The summed E-state index contributed by atoms with van der Waals surface area (Å²) in [6.45, 7) is 8.58. The van der Waals surface area contributed by atoms with Crippen molar-refractivity contribution >= 4 is 17.9 Å². The van der Waals surface area contributed by atoms with Crippen LogP contribution in [-0.4, -0.2) is 32.8 Å². The van der Waals surface area contributed by atoms with E-state index in [2.05, 4.69) is 37.5 Å². The first-order chi connectivity index (χ1) is 6.54. The van der Waals surface area contributed by atoms with E-state index >= 15 is 0 Å². The second kappa shape index (κ2) is 4.85. The fourth-order valence-electron chi connectivity index (χ4n) is 1.64. The Morgan fingerprint density at radius 2 is 1.86 bits per heavy atom. The van der Waals surface area contributed by atoms with Crippen LogP contribution in [0.5, 0.6) is 0 Å². The van der Waals surface area contributed by atoms with Crippen molar-refractivity contribution in [3.05, 3.63) is 18.7 Å². The predicted molar refractivity (Wildman–Crippen MR) is 61.3 cm³/mol. The molecule has 0 radical (unpaired) electrons. The highest BCUT2D eigenvalue weighted by Crippen LogP contribution is 2.12. The van der Waals surface area contributed by atoms with Crippen molar-refractivity contribution in [1.82, 2.24) is 14.3 Å². The molecule has 5 heteroatoms. The second-order valence-electron chi connectivity index (χ2n) is 3.96. The van der Waals surface area contributed by atoms with Crippen LogP contribution in [0.2, 0.25) is 0 Å². The SMILES string of the molecule is CC(C)N(B(Cl)n1ccnc1)C(C)C. The zero-order valence-electron chi connectivity index (χ0n) is 9.18. The van der Waals surface area contributed by atoms with Gasteiger partial charge in [0.25, 0.3) is 0 Å². The maximum atomic E-state index is 6.35. The van der Waals surface area contributed by atoms with E-state index in [0.717, 1.165) is 0 Å². The van der Waals surface area contributed by atoms with E-state index < -0.39 is 0 Å². The van der Waals surface area contributed by atoms with Gasteiger partial charge in [-0.15, -0.1) is 11.5 Å². The summed E-state index contributed by atoms with van der Waals surface area (Å²) in [6.07, 6.45) is 5.22. The van der Waals surface area contributed by atoms with Crippen LogP contribution in [0.25, 0.3) is 0 Å². The number of rotatable bonds is 4. The molecular weight excluding hydrogens is 196 g/mol. The van der Waals surface area contributed by atoms with E-state index in [1.165, 1.54) is 0 Å². The molecule has 14 heavy (non-hydrogen) atoms. The molecule has 3 nitrogen and oxygen atoms in total. The molecule has 1 heterocycles. The topological polar surface area (TPSA) is 21.1 Å². The molecule has 0 saturated carbocycles. The minimum atomic E-state index is -0.155. The number of hydrogen-bond donors (Lipinski definition) is 0. The van der Waals surface area contributed by atoms with Gasteiger partial charge in [0.05, 0.1) is 6.33 Å². The molecular formula is C9H17BClN3. The van der Waals surface area contributed by atoms with Crippen LogP contribution in [-0.2, 0) is 0 Å².